The smallest absolute Gasteiger partial charge is 0.164 e. The molecule has 0 aliphatic rings. The second-order valence-electron chi connectivity index (χ2n) is 14.0. The van der Waals surface area contributed by atoms with Gasteiger partial charge in [0.15, 0.2) is 17.5 Å². The molecule has 2 aromatic heterocycles. The lowest BCUT2D eigenvalue weighted by Gasteiger charge is -2.20. The Morgan fingerprint density at radius 1 is 0.309 bits per heavy atom. The Labute approximate surface area is 317 Å². The average Bonchev–Trinajstić information content (AvgIpc) is 3.58. The Balaban J connectivity index is 1.29. The average molecular weight is 701 g/mol. The molecule has 0 bridgehead atoms. The van der Waals surface area contributed by atoms with Crippen molar-refractivity contribution in [1.29, 1.82) is 0 Å². The summed E-state index contributed by atoms with van der Waals surface area (Å²) in [6.45, 7) is 0. The van der Waals surface area contributed by atoms with Crippen LogP contribution in [0, 0.1) is 0 Å². The van der Waals surface area contributed by atoms with E-state index >= 15 is 0 Å². The molecule has 11 rings (SSSR count). The minimum Gasteiger partial charge on any atom is -0.309 e. The number of benzene rings is 9. The molecular weight excluding hydrogens is 669 g/mol. The second-order valence-corrected chi connectivity index (χ2v) is 14.0. The van der Waals surface area contributed by atoms with Crippen molar-refractivity contribution in [2.45, 2.75) is 0 Å². The van der Waals surface area contributed by atoms with E-state index in [9.17, 15) is 0 Å². The molecule has 0 radical (unpaired) electrons. The SMILES string of the molecule is c1ccc(-c2nc(-c3ccccc3)nc(-c3cc(-n4c5ccccc5c5cc6ccccc6cc54)c(-c4ccc5ccccc5c4)c4ccccc34)n2)cc1. The summed E-state index contributed by atoms with van der Waals surface area (Å²) >= 11 is 0. The van der Waals surface area contributed by atoms with Crippen molar-refractivity contribution in [3.05, 3.63) is 194 Å². The monoisotopic (exact) mass is 700 g/mol. The highest BCUT2D eigenvalue weighted by molar-refractivity contribution is 6.16. The molecule has 0 fully saturated rings. The van der Waals surface area contributed by atoms with Crippen molar-refractivity contribution in [2.24, 2.45) is 0 Å². The molecular formula is C51H32N4. The third-order valence-electron chi connectivity index (χ3n) is 10.8. The van der Waals surface area contributed by atoms with Crippen molar-refractivity contribution >= 4 is 54.1 Å². The summed E-state index contributed by atoms with van der Waals surface area (Å²) in [5, 5.41) is 9.45. The zero-order valence-corrected chi connectivity index (χ0v) is 29.8. The molecule has 256 valence electrons. The number of nitrogens with zero attached hydrogens (tertiary/aromatic N) is 4. The minimum absolute atomic E-state index is 0.626. The fourth-order valence-corrected chi connectivity index (χ4v) is 8.21. The Kier molecular flexibility index (Phi) is 7.14. The summed E-state index contributed by atoms with van der Waals surface area (Å²) in [4.78, 5) is 15.5. The molecule has 55 heavy (non-hydrogen) atoms. The van der Waals surface area contributed by atoms with Crippen molar-refractivity contribution in [1.82, 2.24) is 19.5 Å². The molecule has 0 aliphatic heterocycles. The summed E-state index contributed by atoms with van der Waals surface area (Å²) < 4.78 is 2.45. The molecule has 11 aromatic rings. The molecule has 0 saturated heterocycles. The minimum atomic E-state index is 0.626. The zero-order valence-electron chi connectivity index (χ0n) is 29.8. The van der Waals surface area contributed by atoms with E-state index in [-0.39, 0.29) is 0 Å². The van der Waals surface area contributed by atoms with Gasteiger partial charge in [0.1, 0.15) is 0 Å². The summed E-state index contributed by atoms with van der Waals surface area (Å²) in [6, 6.07) is 68.9. The van der Waals surface area contributed by atoms with Crippen LogP contribution in [-0.4, -0.2) is 19.5 Å². The van der Waals surface area contributed by atoms with Crippen molar-refractivity contribution < 1.29 is 0 Å². The Morgan fingerprint density at radius 3 is 1.53 bits per heavy atom. The maximum absolute atomic E-state index is 5.25. The summed E-state index contributed by atoms with van der Waals surface area (Å²) in [5.74, 6) is 1.90. The van der Waals surface area contributed by atoms with Gasteiger partial charge in [0, 0.05) is 33.0 Å². The van der Waals surface area contributed by atoms with Crippen molar-refractivity contribution in [3.63, 3.8) is 0 Å². The molecule has 0 unspecified atom stereocenters. The lowest BCUT2D eigenvalue weighted by Crippen LogP contribution is -2.03. The maximum Gasteiger partial charge on any atom is 0.164 e. The van der Waals surface area contributed by atoms with Crippen LogP contribution in [0.5, 0.6) is 0 Å². The standard InChI is InChI=1S/C51H32N4/c1-3-16-34(17-4-1)49-52-50(35-18-5-2-6-19-35)54-51(53-49)44-32-47(48(42-25-12-11-23-40(42)44)39-28-27-33-15-7-8-20-36(33)29-39)55-45-26-14-13-24-41(45)43-30-37-21-9-10-22-38(37)31-46(43)55/h1-32H. The fourth-order valence-electron chi connectivity index (χ4n) is 8.21. The molecule has 0 saturated carbocycles. The predicted octanol–water partition coefficient (Wildman–Crippen LogP) is 13.1. The Hall–Kier alpha value is -7.43. The third-order valence-corrected chi connectivity index (χ3v) is 10.8. The van der Waals surface area contributed by atoms with E-state index in [4.69, 9.17) is 15.0 Å². The number of aromatic nitrogens is 4. The van der Waals surface area contributed by atoms with E-state index in [1.165, 1.54) is 32.3 Å². The van der Waals surface area contributed by atoms with Gasteiger partial charge in [-0.1, -0.05) is 164 Å². The number of rotatable bonds is 5. The van der Waals surface area contributed by atoms with Gasteiger partial charge >= 0.3 is 0 Å². The number of hydrogen-bond donors (Lipinski definition) is 0. The highest BCUT2D eigenvalue weighted by Crippen LogP contribution is 2.44. The quantitative estimate of drug-likeness (QED) is 0.179. The van der Waals surface area contributed by atoms with E-state index in [0.717, 1.165) is 55.3 Å². The first kappa shape index (κ1) is 31.1. The topological polar surface area (TPSA) is 43.6 Å². The zero-order chi connectivity index (χ0) is 36.3. The summed E-state index contributed by atoms with van der Waals surface area (Å²) in [7, 11) is 0. The van der Waals surface area contributed by atoms with Crippen molar-refractivity contribution in [3.8, 4) is 51.0 Å². The first-order chi connectivity index (χ1) is 27.3. The van der Waals surface area contributed by atoms with Gasteiger partial charge in [-0.15, -0.1) is 0 Å². The summed E-state index contributed by atoms with van der Waals surface area (Å²) in [6.07, 6.45) is 0. The largest absolute Gasteiger partial charge is 0.309 e. The van der Waals surface area contributed by atoms with Crippen LogP contribution in [0.25, 0.3) is 105 Å². The van der Waals surface area contributed by atoms with E-state index in [2.05, 4.69) is 162 Å². The van der Waals surface area contributed by atoms with Crippen LogP contribution >= 0.6 is 0 Å². The van der Waals surface area contributed by atoms with E-state index in [0.29, 0.717) is 17.5 Å². The van der Waals surface area contributed by atoms with Crippen molar-refractivity contribution in [2.75, 3.05) is 0 Å². The maximum atomic E-state index is 5.25. The number of para-hydroxylation sites is 1. The lowest BCUT2D eigenvalue weighted by molar-refractivity contribution is 1.07. The molecule has 9 aromatic carbocycles. The van der Waals surface area contributed by atoms with Gasteiger partial charge in [-0.25, -0.2) is 15.0 Å². The molecule has 0 N–H and O–H groups in total. The Morgan fingerprint density at radius 2 is 0.836 bits per heavy atom. The molecule has 2 heterocycles. The first-order valence-corrected chi connectivity index (χ1v) is 18.6. The van der Waals surface area contributed by atoms with Crippen LogP contribution in [0.3, 0.4) is 0 Å². The van der Waals surface area contributed by atoms with Gasteiger partial charge in [0.25, 0.3) is 0 Å². The van der Waals surface area contributed by atoms with Gasteiger partial charge in [-0.3, -0.25) is 0 Å². The van der Waals surface area contributed by atoms with Crippen LogP contribution < -0.4 is 0 Å². The van der Waals surface area contributed by atoms with Gasteiger partial charge < -0.3 is 4.57 Å². The molecule has 4 nitrogen and oxygen atoms in total. The number of fused-ring (bicyclic) bond motifs is 6. The van der Waals surface area contributed by atoms with Crippen LogP contribution in [0.2, 0.25) is 0 Å². The first-order valence-electron chi connectivity index (χ1n) is 18.6. The normalized spacial score (nSPS) is 11.6. The van der Waals surface area contributed by atoms with Crippen LogP contribution in [-0.2, 0) is 0 Å². The van der Waals surface area contributed by atoms with Crippen LogP contribution in [0.4, 0.5) is 0 Å². The van der Waals surface area contributed by atoms with E-state index in [1.807, 2.05) is 36.4 Å². The molecule has 0 atom stereocenters. The fraction of sp³-hybridized carbons (Fsp3) is 0. The van der Waals surface area contributed by atoms with Gasteiger partial charge in [-0.05, 0) is 68.2 Å². The molecule has 0 spiro atoms. The molecule has 0 amide bonds. The van der Waals surface area contributed by atoms with E-state index in [1.54, 1.807) is 0 Å². The second kappa shape index (κ2) is 12.6. The number of hydrogen-bond acceptors (Lipinski definition) is 3. The predicted molar refractivity (Wildman–Crippen MR) is 228 cm³/mol. The molecule has 0 aliphatic carbocycles. The lowest BCUT2D eigenvalue weighted by atomic mass is 9.91. The van der Waals surface area contributed by atoms with E-state index < -0.39 is 0 Å². The molecule has 4 heteroatoms. The van der Waals surface area contributed by atoms with Gasteiger partial charge in [0.05, 0.1) is 16.7 Å². The van der Waals surface area contributed by atoms with Crippen LogP contribution in [0.15, 0.2) is 194 Å². The summed E-state index contributed by atoms with van der Waals surface area (Å²) in [5.41, 5.74) is 8.47. The third kappa shape index (κ3) is 5.19. The van der Waals surface area contributed by atoms with Crippen LogP contribution in [0.1, 0.15) is 0 Å². The highest BCUT2D eigenvalue weighted by Gasteiger charge is 2.23. The van der Waals surface area contributed by atoms with Gasteiger partial charge in [-0.2, -0.15) is 0 Å². The Bertz CT molecular complexity index is 3200. The van der Waals surface area contributed by atoms with Gasteiger partial charge in [0.2, 0.25) is 0 Å². The highest BCUT2D eigenvalue weighted by atomic mass is 15.0.